The van der Waals surface area contributed by atoms with Gasteiger partial charge in [-0.2, -0.15) is 0 Å². The maximum atomic E-state index is 10.0. The fraction of sp³-hybridized carbons (Fsp3) is 0.158. The van der Waals surface area contributed by atoms with Crippen LogP contribution in [0.15, 0.2) is 36.4 Å². The molecular formula is C19H12Cl4O3. The fourth-order valence-electron chi connectivity index (χ4n) is 3.36. The summed E-state index contributed by atoms with van der Waals surface area (Å²) in [6.07, 6.45) is -1.27. The number of benzene rings is 3. The number of methoxy groups -OCH3 is 1. The molecule has 3 nitrogen and oxygen atoms in total. The first-order valence-corrected chi connectivity index (χ1v) is 9.21. The zero-order chi connectivity index (χ0) is 18.6. The highest BCUT2D eigenvalue weighted by molar-refractivity contribution is 6.49. The van der Waals surface area contributed by atoms with Crippen LogP contribution in [0, 0.1) is 0 Å². The Morgan fingerprint density at radius 3 is 2.04 bits per heavy atom. The van der Waals surface area contributed by atoms with Crippen molar-refractivity contribution in [2.24, 2.45) is 0 Å². The second-order valence-corrected chi connectivity index (χ2v) is 7.41. The molecule has 134 valence electrons. The Morgan fingerprint density at radius 2 is 1.46 bits per heavy atom. The third-order valence-electron chi connectivity index (χ3n) is 4.52. The van der Waals surface area contributed by atoms with E-state index in [2.05, 4.69) is 0 Å². The van der Waals surface area contributed by atoms with Crippen LogP contribution in [0.3, 0.4) is 0 Å². The number of aromatic hydroxyl groups is 1. The van der Waals surface area contributed by atoms with Gasteiger partial charge in [0.15, 0.2) is 12.0 Å². The summed E-state index contributed by atoms with van der Waals surface area (Å²) in [5.74, 6) is -0.357. The van der Waals surface area contributed by atoms with Crippen LogP contribution >= 0.6 is 46.4 Å². The molecule has 1 N–H and O–H groups in total. The number of hydrogen-bond acceptors (Lipinski definition) is 3. The van der Waals surface area contributed by atoms with E-state index in [1.54, 1.807) is 7.11 Å². The van der Waals surface area contributed by atoms with Crippen molar-refractivity contribution in [2.75, 3.05) is 7.11 Å². The van der Waals surface area contributed by atoms with Crippen molar-refractivity contribution in [1.82, 2.24) is 0 Å². The molecule has 2 atom stereocenters. The molecule has 0 unspecified atom stereocenters. The summed E-state index contributed by atoms with van der Waals surface area (Å²) in [6.45, 7) is 0. The largest absolute Gasteiger partial charge is 0.505 e. The van der Waals surface area contributed by atoms with E-state index in [-0.39, 0.29) is 25.8 Å². The van der Waals surface area contributed by atoms with E-state index < -0.39 is 12.4 Å². The van der Waals surface area contributed by atoms with Crippen molar-refractivity contribution in [1.29, 1.82) is 0 Å². The lowest BCUT2D eigenvalue weighted by Gasteiger charge is -2.33. The van der Waals surface area contributed by atoms with Gasteiger partial charge in [0.1, 0.15) is 16.1 Å². The Balaban J connectivity index is 2.05. The molecule has 4 rings (SSSR count). The van der Waals surface area contributed by atoms with Gasteiger partial charge in [-0.15, -0.1) is 0 Å². The number of phenolic OH excluding ortho intramolecular Hbond substituents is 1. The second-order valence-electron chi connectivity index (χ2n) is 5.89. The van der Waals surface area contributed by atoms with Crippen molar-refractivity contribution < 1.29 is 14.6 Å². The Kier molecular flexibility index (Phi) is 4.72. The first-order valence-electron chi connectivity index (χ1n) is 7.70. The molecule has 0 saturated heterocycles. The molecular weight excluding hydrogens is 418 g/mol. The minimum absolute atomic E-state index is 0.0698. The van der Waals surface area contributed by atoms with Crippen molar-refractivity contribution in [3.05, 3.63) is 73.2 Å². The minimum Gasteiger partial charge on any atom is -0.505 e. The van der Waals surface area contributed by atoms with E-state index in [0.29, 0.717) is 5.56 Å². The van der Waals surface area contributed by atoms with Crippen molar-refractivity contribution in [3.63, 3.8) is 0 Å². The standard InChI is InChI=1S/C19H12Cl4O3/c1-25-19-10-7-3-5-8-4-2-6-9(11(8)10)18(26-19)12-13(20)15(22)17(24)16(23)14(12)21/h2-7,18-19,24H,1H3/t18-,19-/m1/s1. The Hall–Kier alpha value is -1.20. The predicted molar refractivity (Wildman–Crippen MR) is 105 cm³/mol. The molecule has 0 saturated carbocycles. The van der Waals surface area contributed by atoms with Gasteiger partial charge in [0, 0.05) is 18.2 Å². The molecule has 0 bridgehead atoms. The Bertz CT molecular complexity index is 1000. The second kappa shape index (κ2) is 6.75. The van der Waals surface area contributed by atoms with Gasteiger partial charge in [-0.1, -0.05) is 82.8 Å². The van der Waals surface area contributed by atoms with Gasteiger partial charge in [-0.3, -0.25) is 0 Å². The predicted octanol–water partition coefficient (Wildman–Crippen LogP) is 6.92. The van der Waals surface area contributed by atoms with Gasteiger partial charge < -0.3 is 14.6 Å². The normalized spacial score (nSPS) is 19.1. The summed E-state index contributed by atoms with van der Waals surface area (Å²) in [5.41, 5.74) is 2.18. The quantitative estimate of drug-likeness (QED) is 0.449. The van der Waals surface area contributed by atoms with Gasteiger partial charge >= 0.3 is 0 Å². The lowest BCUT2D eigenvalue weighted by atomic mass is 9.90. The lowest BCUT2D eigenvalue weighted by Crippen LogP contribution is -2.20. The molecule has 0 aliphatic carbocycles. The van der Waals surface area contributed by atoms with E-state index in [0.717, 1.165) is 21.9 Å². The highest BCUT2D eigenvalue weighted by Gasteiger charge is 2.35. The maximum Gasteiger partial charge on any atom is 0.185 e. The molecule has 1 aliphatic heterocycles. The van der Waals surface area contributed by atoms with E-state index in [1.807, 2.05) is 36.4 Å². The van der Waals surface area contributed by atoms with Gasteiger partial charge in [0.25, 0.3) is 0 Å². The Morgan fingerprint density at radius 1 is 0.885 bits per heavy atom. The van der Waals surface area contributed by atoms with Gasteiger partial charge in [-0.25, -0.2) is 0 Å². The van der Waals surface area contributed by atoms with E-state index in [4.69, 9.17) is 55.9 Å². The number of phenols is 1. The molecule has 0 radical (unpaired) electrons. The van der Waals surface area contributed by atoms with Gasteiger partial charge in [0.2, 0.25) is 0 Å². The molecule has 1 heterocycles. The van der Waals surface area contributed by atoms with Crippen LogP contribution in [-0.2, 0) is 9.47 Å². The van der Waals surface area contributed by atoms with Crippen LogP contribution in [0.1, 0.15) is 29.1 Å². The molecule has 1 aliphatic rings. The van der Waals surface area contributed by atoms with Crippen LogP contribution in [0.25, 0.3) is 10.8 Å². The van der Waals surface area contributed by atoms with Crippen LogP contribution < -0.4 is 0 Å². The summed E-state index contributed by atoms with van der Waals surface area (Å²) in [4.78, 5) is 0. The first-order chi connectivity index (χ1) is 12.5. The number of halogens is 4. The average Bonchev–Trinajstić information content (AvgIpc) is 2.67. The first kappa shape index (κ1) is 18.2. The maximum absolute atomic E-state index is 10.0. The summed E-state index contributed by atoms with van der Waals surface area (Å²) < 4.78 is 11.7. The van der Waals surface area contributed by atoms with E-state index in [9.17, 15) is 5.11 Å². The van der Waals surface area contributed by atoms with Gasteiger partial charge in [-0.05, 0) is 16.3 Å². The molecule has 3 aromatic carbocycles. The summed E-state index contributed by atoms with van der Waals surface area (Å²) in [6, 6.07) is 11.8. The average molecular weight is 430 g/mol. The molecule has 0 amide bonds. The monoisotopic (exact) mass is 428 g/mol. The van der Waals surface area contributed by atoms with Crippen LogP contribution in [0.5, 0.6) is 5.75 Å². The van der Waals surface area contributed by atoms with Crippen LogP contribution in [0.2, 0.25) is 20.1 Å². The number of ether oxygens (including phenoxy) is 2. The zero-order valence-corrected chi connectivity index (χ0v) is 16.4. The van der Waals surface area contributed by atoms with Crippen LogP contribution in [0.4, 0.5) is 0 Å². The number of hydrogen-bond donors (Lipinski definition) is 1. The smallest absolute Gasteiger partial charge is 0.185 e. The topological polar surface area (TPSA) is 38.7 Å². The molecule has 0 spiro atoms. The molecule has 0 aromatic heterocycles. The zero-order valence-electron chi connectivity index (χ0n) is 13.4. The Labute approximate surface area is 169 Å². The molecule has 26 heavy (non-hydrogen) atoms. The fourth-order valence-corrected chi connectivity index (χ4v) is 4.41. The highest BCUT2D eigenvalue weighted by atomic mass is 35.5. The summed E-state index contributed by atoms with van der Waals surface area (Å²) in [7, 11) is 1.56. The van der Waals surface area contributed by atoms with Crippen molar-refractivity contribution >= 4 is 57.2 Å². The minimum atomic E-state index is -0.658. The highest BCUT2D eigenvalue weighted by Crippen LogP contribution is 2.52. The lowest BCUT2D eigenvalue weighted by molar-refractivity contribution is -0.154. The third-order valence-corrected chi connectivity index (χ3v) is 6.23. The van der Waals surface area contributed by atoms with Crippen LogP contribution in [-0.4, -0.2) is 12.2 Å². The van der Waals surface area contributed by atoms with Crippen molar-refractivity contribution in [2.45, 2.75) is 12.4 Å². The van der Waals surface area contributed by atoms with E-state index >= 15 is 0 Å². The van der Waals surface area contributed by atoms with Crippen molar-refractivity contribution in [3.8, 4) is 5.75 Å². The van der Waals surface area contributed by atoms with E-state index in [1.165, 1.54) is 0 Å². The SMILES string of the molecule is CO[C@@H]1O[C@@H](c2c(Cl)c(Cl)c(O)c(Cl)c2Cl)c2cccc3cccc1c23. The molecule has 3 aromatic rings. The molecule has 0 fully saturated rings. The van der Waals surface area contributed by atoms with Gasteiger partial charge in [0.05, 0.1) is 10.0 Å². The molecule has 7 heteroatoms. The third kappa shape index (κ3) is 2.58. The summed E-state index contributed by atoms with van der Waals surface area (Å²) >= 11 is 25.1. The number of rotatable bonds is 2. The summed E-state index contributed by atoms with van der Waals surface area (Å²) in [5, 5.41) is 12.1.